The number of rotatable bonds is 5. The van der Waals surface area contributed by atoms with Crippen molar-refractivity contribution in [3.8, 4) is 5.75 Å². The third kappa shape index (κ3) is 6.21. The van der Waals surface area contributed by atoms with Crippen LogP contribution in [-0.2, 0) is 19.3 Å². The molecule has 1 aliphatic rings. The number of ether oxygens (including phenoxy) is 3. The number of hydrogen-bond donors (Lipinski definition) is 0. The molecule has 1 heterocycles. The molecule has 0 aliphatic carbocycles. The van der Waals surface area contributed by atoms with Crippen LogP contribution in [0.3, 0.4) is 0 Å². The lowest BCUT2D eigenvalue weighted by Gasteiger charge is -2.37. The van der Waals surface area contributed by atoms with Crippen LogP contribution in [0.4, 0.5) is 4.79 Å². The Morgan fingerprint density at radius 1 is 1.10 bits per heavy atom. The highest BCUT2D eigenvalue weighted by atomic mass is 32.2. The van der Waals surface area contributed by atoms with Crippen molar-refractivity contribution in [3.63, 3.8) is 0 Å². The fourth-order valence-corrected chi connectivity index (χ4v) is 4.15. The lowest BCUT2D eigenvalue weighted by molar-refractivity contribution is -0.0841. The average Bonchev–Trinajstić information content (AvgIpc) is 2.71. The van der Waals surface area contributed by atoms with Crippen LogP contribution >= 0.6 is 0 Å². The maximum Gasteiger partial charge on any atom is 0.410 e. The fourth-order valence-electron chi connectivity index (χ4n) is 3.34. The summed E-state index contributed by atoms with van der Waals surface area (Å²) in [6.07, 6.45) is -0.386. The lowest BCUT2D eigenvalue weighted by atomic mass is 10.0. The maximum atomic E-state index is 12.6. The van der Waals surface area contributed by atoms with Gasteiger partial charge in [0, 0.05) is 12.8 Å². The van der Waals surface area contributed by atoms with Crippen molar-refractivity contribution in [1.29, 1.82) is 0 Å². The second-order valence-corrected chi connectivity index (χ2v) is 10.5. The molecule has 2 atom stereocenters. The molecule has 3 rings (SSSR count). The molecule has 0 aromatic heterocycles. The SMILES string of the molecule is CC(C)(C)OC(=O)N1CCO[C@H]([C@@H](Oc2ccccc2S(C)(=O)=O)c2ccccc2)C1. The topological polar surface area (TPSA) is 82.1 Å². The molecule has 7 nitrogen and oxygen atoms in total. The minimum atomic E-state index is -3.49. The number of carbonyl (C=O) groups excluding carboxylic acids is 1. The normalized spacial score (nSPS) is 18.3. The molecule has 1 saturated heterocycles. The van der Waals surface area contributed by atoms with Crippen LogP contribution < -0.4 is 4.74 Å². The molecular weight excluding hydrogens is 418 g/mol. The Morgan fingerprint density at radius 3 is 2.39 bits per heavy atom. The number of carbonyl (C=O) groups is 1. The number of sulfone groups is 1. The number of morpholine rings is 1. The van der Waals surface area contributed by atoms with E-state index in [1.54, 1.807) is 23.1 Å². The molecule has 1 fully saturated rings. The lowest BCUT2D eigenvalue weighted by Crippen LogP contribution is -2.50. The van der Waals surface area contributed by atoms with Crippen molar-refractivity contribution in [1.82, 2.24) is 4.90 Å². The zero-order chi connectivity index (χ0) is 22.6. The van der Waals surface area contributed by atoms with Gasteiger partial charge in [-0.3, -0.25) is 0 Å². The van der Waals surface area contributed by atoms with Gasteiger partial charge in [-0.25, -0.2) is 13.2 Å². The summed E-state index contributed by atoms with van der Waals surface area (Å²) in [7, 11) is -3.49. The highest BCUT2D eigenvalue weighted by molar-refractivity contribution is 7.90. The minimum Gasteiger partial charge on any atom is -0.482 e. The monoisotopic (exact) mass is 447 g/mol. The third-order valence-corrected chi connectivity index (χ3v) is 5.85. The van der Waals surface area contributed by atoms with Gasteiger partial charge in [-0.2, -0.15) is 0 Å². The van der Waals surface area contributed by atoms with Crippen molar-refractivity contribution in [3.05, 3.63) is 60.2 Å². The molecule has 1 aliphatic heterocycles. The standard InChI is InChI=1S/C23H29NO6S/c1-23(2,3)30-22(25)24-14-15-28-19(16-24)21(17-10-6-5-7-11-17)29-18-12-8-9-13-20(18)31(4,26)27/h5-13,19,21H,14-16H2,1-4H3/t19-,21-/m0/s1. The second-order valence-electron chi connectivity index (χ2n) is 8.50. The fraction of sp³-hybridized carbons (Fsp3) is 0.435. The second kappa shape index (κ2) is 9.28. The van der Waals surface area contributed by atoms with E-state index in [-0.39, 0.29) is 17.2 Å². The van der Waals surface area contributed by atoms with Crippen LogP contribution in [0.1, 0.15) is 32.4 Å². The van der Waals surface area contributed by atoms with Gasteiger partial charge in [-0.05, 0) is 38.5 Å². The van der Waals surface area contributed by atoms with E-state index in [1.807, 2.05) is 51.1 Å². The van der Waals surface area contributed by atoms with Crippen LogP contribution in [-0.4, -0.2) is 57.1 Å². The van der Waals surface area contributed by atoms with Crippen LogP contribution in [0.15, 0.2) is 59.5 Å². The summed E-state index contributed by atoms with van der Waals surface area (Å²) in [5.74, 6) is 0.247. The first-order valence-electron chi connectivity index (χ1n) is 10.1. The average molecular weight is 448 g/mol. The van der Waals surface area contributed by atoms with E-state index in [4.69, 9.17) is 14.2 Å². The molecule has 0 N–H and O–H groups in total. The summed E-state index contributed by atoms with van der Waals surface area (Å²) in [6.45, 7) is 6.45. The summed E-state index contributed by atoms with van der Waals surface area (Å²) in [5.41, 5.74) is 0.219. The van der Waals surface area contributed by atoms with Crippen LogP contribution in [0.2, 0.25) is 0 Å². The van der Waals surface area contributed by atoms with Gasteiger partial charge >= 0.3 is 6.09 Å². The molecule has 2 aromatic carbocycles. The van der Waals surface area contributed by atoms with Gasteiger partial charge in [0.1, 0.15) is 22.4 Å². The molecule has 168 valence electrons. The van der Waals surface area contributed by atoms with Crippen LogP contribution in [0.25, 0.3) is 0 Å². The summed E-state index contributed by atoms with van der Waals surface area (Å²) in [5, 5.41) is 0. The Kier molecular flexibility index (Phi) is 6.91. The van der Waals surface area contributed by atoms with Crippen LogP contribution in [0.5, 0.6) is 5.75 Å². The highest BCUT2D eigenvalue weighted by Crippen LogP contribution is 2.32. The van der Waals surface area contributed by atoms with Crippen molar-refractivity contribution in [2.24, 2.45) is 0 Å². The quantitative estimate of drug-likeness (QED) is 0.693. The number of benzene rings is 2. The van der Waals surface area contributed by atoms with E-state index in [0.29, 0.717) is 13.2 Å². The molecule has 8 heteroatoms. The molecule has 0 saturated carbocycles. The molecule has 0 unspecified atom stereocenters. The molecule has 0 radical (unpaired) electrons. The zero-order valence-electron chi connectivity index (χ0n) is 18.3. The summed E-state index contributed by atoms with van der Waals surface area (Å²) in [4.78, 5) is 14.3. The number of para-hydroxylation sites is 1. The van der Waals surface area contributed by atoms with Crippen LogP contribution in [0, 0.1) is 0 Å². The Labute approximate surface area is 183 Å². The molecule has 31 heavy (non-hydrogen) atoms. The van der Waals surface area contributed by atoms with E-state index in [9.17, 15) is 13.2 Å². The predicted octanol–water partition coefficient (Wildman–Crippen LogP) is 3.85. The Balaban J connectivity index is 1.90. The predicted molar refractivity (Wildman–Crippen MR) is 117 cm³/mol. The van der Waals surface area contributed by atoms with E-state index in [2.05, 4.69) is 0 Å². The van der Waals surface area contributed by atoms with Crippen molar-refractivity contribution in [2.45, 2.75) is 43.5 Å². The van der Waals surface area contributed by atoms with Gasteiger partial charge in [0.25, 0.3) is 0 Å². The molecule has 0 spiro atoms. The molecule has 2 aromatic rings. The summed E-state index contributed by atoms with van der Waals surface area (Å²) in [6, 6.07) is 15.9. The van der Waals surface area contributed by atoms with Gasteiger partial charge in [-0.15, -0.1) is 0 Å². The summed E-state index contributed by atoms with van der Waals surface area (Å²) >= 11 is 0. The first-order chi connectivity index (χ1) is 14.5. The first kappa shape index (κ1) is 23.1. The van der Waals surface area contributed by atoms with Gasteiger partial charge < -0.3 is 19.1 Å². The van der Waals surface area contributed by atoms with Crippen molar-refractivity contribution >= 4 is 15.9 Å². The van der Waals surface area contributed by atoms with Crippen molar-refractivity contribution < 1.29 is 27.4 Å². The Morgan fingerprint density at radius 2 is 1.74 bits per heavy atom. The molecule has 1 amide bonds. The number of amides is 1. The zero-order valence-corrected chi connectivity index (χ0v) is 19.1. The number of nitrogens with zero attached hydrogens (tertiary/aromatic N) is 1. The maximum absolute atomic E-state index is 12.6. The van der Waals surface area contributed by atoms with Gasteiger partial charge in [0.05, 0.1) is 13.2 Å². The van der Waals surface area contributed by atoms with E-state index < -0.39 is 33.7 Å². The van der Waals surface area contributed by atoms with Gasteiger partial charge in [0.15, 0.2) is 15.9 Å². The van der Waals surface area contributed by atoms with E-state index >= 15 is 0 Å². The first-order valence-corrected chi connectivity index (χ1v) is 12.0. The third-order valence-electron chi connectivity index (χ3n) is 4.71. The summed E-state index contributed by atoms with van der Waals surface area (Å²) < 4.78 is 42.2. The Hall–Kier alpha value is -2.58. The molecular formula is C23H29NO6S. The van der Waals surface area contributed by atoms with Crippen molar-refractivity contribution in [2.75, 3.05) is 26.0 Å². The highest BCUT2D eigenvalue weighted by Gasteiger charge is 2.35. The smallest absolute Gasteiger partial charge is 0.410 e. The largest absolute Gasteiger partial charge is 0.482 e. The molecule has 0 bridgehead atoms. The van der Waals surface area contributed by atoms with Gasteiger partial charge in [0.2, 0.25) is 0 Å². The van der Waals surface area contributed by atoms with Gasteiger partial charge in [-0.1, -0.05) is 42.5 Å². The number of hydrogen-bond acceptors (Lipinski definition) is 6. The van der Waals surface area contributed by atoms with E-state index in [0.717, 1.165) is 11.8 Å². The Bertz CT molecular complexity index is 1000. The minimum absolute atomic E-state index is 0.107. The van der Waals surface area contributed by atoms with E-state index in [1.165, 1.54) is 6.07 Å².